The molecule has 0 aromatic rings. The first-order chi connectivity index (χ1) is 7.79. The molecule has 0 bridgehead atoms. The Labute approximate surface area is 94.7 Å². The van der Waals surface area contributed by atoms with Crippen molar-refractivity contribution in [1.82, 2.24) is 9.80 Å². The normalized spacial score (nSPS) is 24.8. The smallest absolute Gasteiger partial charge is 0.336 e. The summed E-state index contributed by atoms with van der Waals surface area (Å²) in [4.78, 5) is 15.3. The second-order valence-corrected chi connectivity index (χ2v) is 4.01. The minimum atomic E-state index is -0.774. The molecule has 1 N–H and O–H groups in total. The molecular formula is C10H18N2O4. The van der Waals surface area contributed by atoms with Crippen LogP contribution >= 0.6 is 0 Å². The van der Waals surface area contributed by atoms with Crippen LogP contribution in [0.5, 0.6) is 0 Å². The van der Waals surface area contributed by atoms with Crippen molar-refractivity contribution in [3.05, 3.63) is 0 Å². The van der Waals surface area contributed by atoms with E-state index in [0.29, 0.717) is 52.6 Å². The molecule has 0 saturated carbocycles. The number of hydrogen-bond donors (Lipinski definition) is 1. The molecule has 92 valence electrons. The quantitative estimate of drug-likeness (QED) is 0.675. The average Bonchev–Trinajstić information content (AvgIpc) is 2.31. The SMILES string of the molecule is O=C(O)C(N1CCOCC1)N1CCOCC1. The van der Waals surface area contributed by atoms with Gasteiger partial charge >= 0.3 is 5.97 Å². The van der Waals surface area contributed by atoms with Crippen LogP contribution in [0.4, 0.5) is 0 Å². The van der Waals surface area contributed by atoms with Gasteiger partial charge in [0, 0.05) is 26.2 Å². The number of hydrogen-bond acceptors (Lipinski definition) is 5. The minimum absolute atomic E-state index is 0.521. The highest BCUT2D eigenvalue weighted by Gasteiger charge is 2.33. The summed E-state index contributed by atoms with van der Waals surface area (Å²) in [7, 11) is 0. The first-order valence-corrected chi connectivity index (χ1v) is 5.65. The molecule has 2 fully saturated rings. The largest absolute Gasteiger partial charge is 0.479 e. The molecule has 2 aliphatic heterocycles. The van der Waals surface area contributed by atoms with Crippen LogP contribution in [0.1, 0.15) is 0 Å². The third-order valence-corrected chi connectivity index (χ3v) is 3.00. The maximum Gasteiger partial charge on any atom is 0.336 e. The van der Waals surface area contributed by atoms with Gasteiger partial charge in [-0.3, -0.25) is 9.80 Å². The van der Waals surface area contributed by atoms with E-state index < -0.39 is 12.1 Å². The van der Waals surface area contributed by atoms with E-state index in [1.54, 1.807) is 0 Å². The fraction of sp³-hybridized carbons (Fsp3) is 0.900. The van der Waals surface area contributed by atoms with E-state index in [1.165, 1.54) is 0 Å². The lowest BCUT2D eigenvalue weighted by atomic mass is 10.3. The maximum atomic E-state index is 11.3. The Kier molecular flexibility index (Phi) is 4.11. The fourth-order valence-corrected chi connectivity index (χ4v) is 2.19. The van der Waals surface area contributed by atoms with E-state index >= 15 is 0 Å². The standard InChI is InChI=1S/C10H18N2O4/c13-10(14)9(11-1-5-15-6-2-11)12-3-7-16-8-4-12/h9H,1-8H2,(H,13,14). The van der Waals surface area contributed by atoms with Crippen molar-refractivity contribution in [2.24, 2.45) is 0 Å². The molecular weight excluding hydrogens is 212 g/mol. The summed E-state index contributed by atoms with van der Waals surface area (Å²) in [6, 6.07) is 0. The predicted molar refractivity (Wildman–Crippen MR) is 56.2 cm³/mol. The number of carboxylic acid groups (broad SMARTS) is 1. The molecule has 0 atom stereocenters. The Hall–Kier alpha value is -0.690. The summed E-state index contributed by atoms with van der Waals surface area (Å²) in [5.74, 6) is -0.774. The molecule has 0 spiro atoms. The van der Waals surface area contributed by atoms with E-state index in [0.717, 1.165) is 0 Å². The van der Waals surface area contributed by atoms with Crippen LogP contribution in [0.2, 0.25) is 0 Å². The van der Waals surface area contributed by atoms with Crippen molar-refractivity contribution in [2.75, 3.05) is 52.6 Å². The van der Waals surface area contributed by atoms with Crippen LogP contribution in [-0.2, 0) is 14.3 Å². The third kappa shape index (κ3) is 2.70. The van der Waals surface area contributed by atoms with Crippen LogP contribution in [0.15, 0.2) is 0 Å². The van der Waals surface area contributed by atoms with Gasteiger partial charge in [0.1, 0.15) is 0 Å². The lowest BCUT2D eigenvalue weighted by molar-refractivity contribution is -0.158. The van der Waals surface area contributed by atoms with Crippen LogP contribution in [0.25, 0.3) is 0 Å². The highest BCUT2D eigenvalue weighted by atomic mass is 16.5. The summed E-state index contributed by atoms with van der Waals surface area (Å²) >= 11 is 0. The number of rotatable bonds is 3. The van der Waals surface area contributed by atoms with Crippen LogP contribution in [-0.4, -0.2) is 79.6 Å². The number of aliphatic carboxylic acids is 1. The van der Waals surface area contributed by atoms with Gasteiger partial charge in [0.05, 0.1) is 26.4 Å². The van der Waals surface area contributed by atoms with Gasteiger partial charge in [-0.1, -0.05) is 0 Å². The molecule has 2 saturated heterocycles. The lowest BCUT2D eigenvalue weighted by Gasteiger charge is -2.40. The van der Waals surface area contributed by atoms with E-state index in [4.69, 9.17) is 9.47 Å². The zero-order valence-corrected chi connectivity index (χ0v) is 9.30. The van der Waals surface area contributed by atoms with Crippen molar-refractivity contribution in [1.29, 1.82) is 0 Å². The van der Waals surface area contributed by atoms with Crippen LogP contribution < -0.4 is 0 Å². The topological polar surface area (TPSA) is 62.2 Å². The minimum Gasteiger partial charge on any atom is -0.479 e. The second kappa shape index (κ2) is 5.58. The Morgan fingerprint density at radius 3 is 1.62 bits per heavy atom. The first kappa shape index (κ1) is 11.8. The lowest BCUT2D eigenvalue weighted by Crippen LogP contribution is -2.58. The van der Waals surface area contributed by atoms with E-state index in [-0.39, 0.29) is 0 Å². The monoisotopic (exact) mass is 230 g/mol. The van der Waals surface area contributed by atoms with Gasteiger partial charge in [-0.15, -0.1) is 0 Å². The molecule has 2 aliphatic rings. The number of carbonyl (C=O) groups is 1. The van der Waals surface area contributed by atoms with Crippen molar-refractivity contribution >= 4 is 5.97 Å². The van der Waals surface area contributed by atoms with Crippen LogP contribution in [0.3, 0.4) is 0 Å². The fourth-order valence-electron chi connectivity index (χ4n) is 2.19. The Morgan fingerprint density at radius 1 is 0.938 bits per heavy atom. The third-order valence-electron chi connectivity index (χ3n) is 3.00. The molecule has 6 heteroatoms. The summed E-state index contributed by atoms with van der Waals surface area (Å²) in [6.45, 7) is 5.23. The number of ether oxygens (including phenoxy) is 2. The van der Waals surface area contributed by atoms with Gasteiger partial charge in [0.15, 0.2) is 6.17 Å². The number of nitrogens with zero attached hydrogens (tertiary/aromatic N) is 2. The van der Waals surface area contributed by atoms with Crippen molar-refractivity contribution < 1.29 is 19.4 Å². The van der Waals surface area contributed by atoms with Gasteiger partial charge in [0.25, 0.3) is 0 Å². The van der Waals surface area contributed by atoms with E-state index in [2.05, 4.69) is 0 Å². The molecule has 0 aliphatic carbocycles. The van der Waals surface area contributed by atoms with Gasteiger partial charge in [0.2, 0.25) is 0 Å². The Morgan fingerprint density at radius 2 is 1.31 bits per heavy atom. The van der Waals surface area contributed by atoms with E-state index in [9.17, 15) is 9.90 Å². The molecule has 0 aromatic heterocycles. The molecule has 0 amide bonds. The molecule has 0 aromatic carbocycles. The Balaban J connectivity index is 1.99. The van der Waals surface area contributed by atoms with E-state index in [1.807, 2.05) is 9.80 Å². The Bertz CT molecular complexity index is 219. The number of carboxylic acids is 1. The maximum absolute atomic E-state index is 11.3. The summed E-state index contributed by atoms with van der Waals surface area (Å²) in [5.41, 5.74) is 0. The van der Waals surface area contributed by atoms with Gasteiger partial charge in [-0.25, -0.2) is 4.79 Å². The molecule has 2 heterocycles. The predicted octanol–water partition coefficient (Wildman–Crippen LogP) is -0.938. The molecule has 16 heavy (non-hydrogen) atoms. The van der Waals surface area contributed by atoms with Gasteiger partial charge in [-0.2, -0.15) is 0 Å². The van der Waals surface area contributed by atoms with Crippen LogP contribution in [0, 0.1) is 0 Å². The summed E-state index contributed by atoms with van der Waals surface area (Å²) in [6.07, 6.45) is -0.521. The summed E-state index contributed by atoms with van der Waals surface area (Å²) in [5, 5.41) is 9.31. The van der Waals surface area contributed by atoms with Crippen molar-refractivity contribution in [3.8, 4) is 0 Å². The zero-order chi connectivity index (χ0) is 11.4. The highest BCUT2D eigenvalue weighted by Crippen LogP contribution is 2.11. The first-order valence-electron chi connectivity index (χ1n) is 5.65. The summed E-state index contributed by atoms with van der Waals surface area (Å²) < 4.78 is 10.5. The van der Waals surface area contributed by atoms with Crippen molar-refractivity contribution in [2.45, 2.75) is 6.17 Å². The van der Waals surface area contributed by atoms with Gasteiger partial charge < -0.3 is 14.6 Å². The van der Waals surface area contributed by atoms with Gasteiger partial charge in [-0.05, 0) is 0 Å². The molecule has 0 radical (unpaired) electrons. The molecule has 2 rings (SSSR count). The number of morpholine rings is 2. The zero-order valence-electron chi connectivity index (χ0n) is 9.30. The highest BCUT2D eigenvalue weighted by molar-refractivity contribution is 5.73. The second-order valence-electron chi connectivity index (χ2n) is 4.01. The van der Waals surface area contributed by atoms with Crippen molar-refractivity contribution in [3.63, 3.8) is 0 Å². The average molecular weight is 230 g/mol. The molecule has 0 unspecified atom stereocenters. The molecule has 6 nitrogen and oxygen atoms in total.